The molecule has 0 amide bonds. The van der Waals surface area contributed by atoms with Gasteiger partial charge in [0.2, 0.25) is 5.95 Å². The maximum absolute atomic E-state index is 4.49. The first-order chi connectivity index (χ1) is 9.72. The second-order valence-electron chi connectivity index (χ2n) is 5.79. The van der Waals surface area contributed by atoms with Crippen LogP contribution >= 0.6 is 0 Å². The second-order valence-corrected chi connectivity index (χ2v) is 5.79. The van der Waals surface area contributed by atoms with E-state index in [9.17, 15) is 0 Å². The number of nitrogens with zero attached hydrogens (tertiary/aromatic N) is 4. The van der Waals surface area contributed by atoms with Crippen molar-refractivity contribution < 1.29 is 0 Å². The smallest absolute Gasteiger partial charge is 0.243 e. The van der Waals surface area contributed by atoms with E-state index in [0.717, 1.165) is 30.7 Å². The molecule has 108 valence electrons. The molecule has 0 atom stereocenters. The van der Waals surface area contributed by atoms with E-state index in [2.05, 4.69) is 34.3 Å². The molecule has 2 heterocycles. The lowest BCUT2D eigenvalue weighted by molar-refractivity contribution is 0.254. The quantitative estimate of drug-likeness (QED) is 0.908. The molecular weight excluding hydrogens is 250 g/mol. The van der Waals surface area contributed by atoms with Crippen molar-refractivity contribution in [2.24, 2.45) is 0 Å². The van der Waals surface area contributed by atoms with Gasteiger partial charge in [-0.1, -0.05) is 12.8 Å². The number of fused-ring (bicyclic) bond motifs is 1. The molecule has 0 spiro atoms. The zero-order chi connectivity index (χ0) is 13.9. The summed E-state index contributed by atoms with van der Waals surface area (Å²) in [5, 5.41) is 7.75. The Morgan fingerprint density at radius 2 is 2.20 bits per heavy atom. The first-order valence-corrected chi connectivity index (χ1v) is 7.49. The van der Waals surface area contributed by atoms with Gasteiger partial charge in [-0.15, -0.1) is 5.10 Å². The average Bonchev–Trinajstić information content (AvgIpc) is 3.06. The average molecular weight is 273 g/mol. The molecule has 1 aliphatic rings. The molecule has 0 radical (unpaired) electrons. The lowest BCUT2D eigenvalue weighted by Crippen LogP contribution is -2.33. The third-order valence-corrected chi connectivity index (χ3v) is 4.19. The van der Waals surface area contributed by atoms with Gasteiger partial charge in [0.15, 0.2) is 5.65 Å². The molecule has 3 rings (SSSR count). The van der Waals surface area contributed by atoms with E-state index in [4.69, 9.17) is 0 Å². The minimum atomic E-state index is 0.718. The molecule has 0 unspecified atom stereocenters. The molecule has 5 heteroatoms. The monoisotopic (exact) mass is 273 g/mol. The number of hydrogen-bond acceptors (Lipinski definition) is 4. The lowest BCUT2D eigenvalue weighted by Gasteiger charge is -2.23. The van der Waals surface area contributed by atoms with Gasteiger partial charge in [-0.25, -0.2) is 4.52 Å². The number of likely N-dealkylation sites (N-methyl/N-ethyl adjacent to an activating group) is 1. The number of aromatic nitrogens is 3. The molecule has 0 bridgehead atoms. The van der Waals surface area contributed by atoms with Crippen molar-refractivity contribution in [3.05, 3.63) is 23.9 Å². The highest BCUT2D eigenvalue weighted by Crippen LogP contribution is 2.21. The van der Waals surface area contributed by atoms with Crippen molar-refractivity contribution in [1.82, 2.24) is 19.5 Å². The summed E-state index contributed by atoms with van der Waals surface area (Å²) in [6.07, 6.45) is 7.42. The van der Waals surface area contributed by atoms with Crippen molar-refractivity contribution in [3.63, 3.8) is 0 Å². The van der Waals surface area contributed by atoms with Crippen LogP contribution in [-0.4, -0.2) is 45.7 Å². The van der Waals surface area contributed by atoms with Gasteiger partial charge in [-0.3, -0.25) is 0 Å². The number of nitrogens with one attached hydrogen (secondary N) is 1. The molecule has 5 nitrogen and oxygen atoms in total. The van der Waals surface area contributed by atoms with E-state index in [-0.39, 0.29) is 0 Å². The first-order valence-electron chi connectivity index (χ1n) is 7.49. The zero-order valence-electron chi connectivity index (χ0n) is 12.3. The van der Waals surface area contributed by atoms with Crippen molar-refractivity contribution in [3.8, 4) is 0 Å². The van der Waals surface area contributed by atoms with Crippen LogP contribution < -0.4 is 5.32 Å². The minimum Gasteiger partial charge on any atom is -0.352 e. The van der Waals surface area contributed by atoms with Crippen LogP contribution in [0.3, 0.4) is 0 Å². The number of hydrogen-bond donors (Lipinski definition) is 1. The van der Waals surface area contributed by atoms with Gasteiger partial charge in [-0.2, -0.15) is 4.98 Å². The Hall–Kier alpha value is -1.62. The van der Waals surface area contributed by atoms with Crippen LogP contribution in [0.2, 0.25) is 0 Å². The summed E-state index contributed by atoms with van der Waals surface area (Å²) in [4.78, 5) is 6.95. The van der Waals surface area contributed by atoms with Crippen molar-refractivity contribution >= 4 is 11.6 Å². The molecule has 2 aromatic rings. The van der Waals surface area contributed by atoms with E-state index < -0.39 is 0 Å². The van der Waals surface area contributed by atoms with E-state index >= 15 is 0 Å². The maximum atomic E-state index is 4.49. The van der Waals surface area contributed by atoms with Crippen molar-refractivity contribution in [1.29, 1.82) is 0 Å². The number of aryl methyl sites for hydroxylation is 1. The summed E-state index contributed by atoms with van der Waals surface area (Å²) in [5.74, 6) is 0.718. The number of pyridine rings is 1. The summed E-state index contributed by atoms with van der Waals surface area (Å²) in [6.45, 7) is 4.00. The topological polar surface area (TPSA) is 45.5 Å². The molecule has 0 saturated heterocycles. The maximum Gasteiger partial charge on any atom is 0.243 e. The Balaban J connectivity index is 1.54. The van der Waals surface area contributed by atoms with Crippen LogP contribution in [0, 0.1) is 6.92 Å². The normalized spacial score (nSPS) is 16.4. The summed E-state index contributed by atoms with van der Waals surface area (Å²) in [6, 6.07) is 4.86. The van der Waals surface area contributed by atoms with E-state index in [1.165, 1.54) is 31.2 Å². The van der Waals surface area contributed by atoms with Gasteiger partial charge in [0.1, 0.15) is 0 Å². The van der Waals surface area contributed by atoms with Gasteiger partial charge in [0.05, 0.1) is 0 Å². The Labute approximate surface area is 120 Å². The fourth-order valence-corrected chi connectivity index (χ4v) is 2.93. The molecule has 1 aliphatic carbocycles. The summed E-state index contributed by atoms with van der Waals surface area (Å²) in [7, 11) is 2.22. The summed E-state index contributed by atoms with van der Waals surface area (Å²) >= 11 is 0. The number of anilines is 1. The van der Waals surface area contributed by atoms with Gasteiger partial charge >= 0.3 is 0 Å². The summed E-state index contributed by atoms with van der Waals surface area (Å²) < 4.78 is 1.82. The fraction of sp³-hybridized carbons (Fsp3) is 0.600. The van der Waals surface area contributed by atoms with Crippen LogP contribution in [0.15, 0.2) is 18.3 Å². The molecule has 0 aromatic carbocycles. The van der Waals surface area contributed by atoms with Gasteiger partial charge in [0.25, 0.3) is 0 Å². The van der Waals surface area contributed by atoms with E-state index in [0.29, 0.717) is 0 Å². The highest BCUT2D eigenvalue weighted by Gasteiger charge is 2.18. The molecular formula is C15H23N5. The minimum absolute atomic E-state index is 0.718. The second kappa shape index (κ2) is 5.79. The van der Waals surface area contributed by atoms with Gasteiger partial charge in [0, 0.05) is 25.3 Å². The van der Waals surface area contributed by atoms with E-state index in [1.54, 1.807) is 0 Å². The van der Waals surface area contributed by atoms with Crippen LogP contribution in [0.1, 0.15) is 31.2 Å². The van der Waals surface area contributed by atoms with Crippen LogP contribution in [0.4, 0.5) is 5.95 Å². The first kappa shape index (κ1) is 13.4. The molecule has 1 fully saturated rings. The van der Waals surface area contributed by atoms with Crippen LogP contribution in [0.25, 0.3) is 5.65 Å². The molecule has 1 saturated carbocycles. The Morgan fingerprint density at radius 1 is 1.40 bits per heavy atom. The Kier molecular flexibility index (Phi) is 3.87. The molecule has 2 aromatic heterocycles. The van der Waals surface area contributed by atoms with Crippen molar-refractivity contribution in [2.45, 2.75) is 38.6 Å². The SMILES string of the molecule is Cc1ccn2nc(NCCN(C)C3CCCC3)nc2c1. The van der Waals surface area contributed by atoms with Gasteiger partial charge < -0.3 is 10.2 Å². The standard InChI is InChI=1S/C15H23N5/c1-12-7-9-20-14(11-12)17-15(18-20)16-8-10-19(2)13-5-3-4-6-13/h7,9,11,13H,3-6,8,10H2,1-2H3,(H,16,18). The molecule has 0 aliphatic heterocycles. The summed E-state index contributed by atoms with van der Waals surface area (Å²) in [5.41, 5.74) is 2.11. The van der Waals surface area contributed by atoms with Crippen LogP contribution in [-0.2, 0) is 0 Å². The fourth-order valence-electron chi connectivity index (χ4n) is 2.93. The van der Waals surface area contributed by atoms with Gasteiger partial charge in [-0.05, 0) is 44.5 Å². The number of rotatable bonds is 5. The molecule has 20 heavy (non-hydrogen) atoms. The highest BCUT2D eigenvalue weighted by molar-refractivity contribution is 5.45. The predicted molar refractivity (Wildman–Crippen MR) is 81.1 cm³/mol. The molecule has 1 N–H and O–H groups in total. The van der Waals surface area contributed by atoms with E-state index in [1.807, 2.05) is 22.8 Å². The Morgan fingerprint density at radius 3 is 3.00 bits per heavy atom. The predicted octanol–water partition coefficient (Wildman–Crippen LogP) is 2.32. The zero-order valence-corrected chi connectivity index (χ0v) is 12.3. The van der Waals surface area contributed by atoms with Crippen LogP contribution in [0.5, 0.6) is 0 Å². The Bertz CT molecular complexity index is 571. The third-order valence-electron chi connectivity index (χ3n) is 4.19. The largest absolute Gasteiger partial charge is 0.352 e. The third kappa shape index (κ3) is 2.93. The van der Waals surface area contributed by atoms with Crippen molar-refractivity contribution in [2.75, 3.05) is 25.5 Å². The highest BCUT2D eigenvalue weighted by atomic mass is 15.3. The lowest BCUT2D eigenvalue weighted by atomic mass is 10.2.